The van der Waals surface area contributed by atoms with Crippen LogP contribution in [0.5, 0.6) is 11.5 Å². The lowest BCUT2D eigenvalue weighted by atomic mass is 10.2. The number of ether oxygens (including phenoxy) is 2. The Bertz CT molecular complexity index is 980. The third-order valence-corrected chi connectivity index (χ3v) is 5.11. The van der Waals surface area contributed by atoms with E-state index in [4.69, 9.17) is 18.9 Å². The van der Waals surface area contributed by atoms with E-state index < -0.39 is 16.1 Å². The van der Waals surface area contributed by atoms with Gasteiger partial charge in [-0.1, -0.05) is 0 Å². The van der Waals surface area contributed by atoms with Crippen molar-refractivity contribution in [1.29, 1.82) is 5.26 Å². The second-order valence-electron chi connectivity index (χ2n) is 5.11. The van der Waals surface area contributed by atoms with Crippen molar-refractivity contribution in [1.82, 2.24) is 0 Å². The van der Waals surface area contributed by atoms with Gasteiger partial charge in [-0.25, -0.2) is 4.79 Å². The Hall–Kier alpha value is -2.57. The number of hydrogen-bond donors (Lipinski definition) is 0. The van der Waals surface area contributed by atoms with E-state index in [1.807, 2.05) is 6.07 Å². The Balaban J connectivity index is 2.36. The molecule has 0 amide bonds. The molecule has 0 unspecified atom stereocenters. The Morgan fingerprint density at radius 1 is 1.15 bits per heavy atom. The Kier molecular flexibility index (Phi) is 6.82. The summed E-state index contributed by atoms with van der Waals surface area (Å²) in [6, 6.07) is 9.95. The molecule has 27 heavy (non-hydrogen) atoms. The molecule has 0 spiro atoms. The van der Waals surface area contributed by atoms with Crippen molar-refractivity contribution >= 4 is 32.0 Å². The Labute approximate surface area is 165 Å². The van der Waals surface area contributed by atoms with Gasteiger partial charge in [-0.15, -0.1) is 0 Å². The van der Waals surface area contributed by atoms with Gasteiger partial charge in [-0.05, 0) is 60.1 Å². The van der Waals surface area contributed by atoms with E-state index in [1.54, 1.807) is 13.8 Å². The van der Waals surface area contributed by atoms with Gasteiger partial charge in [0.05, 0.1) is 34.9 Å². The van der Waals surface area contributed by atoms with Crippen LogP contribution in [-0.2, 0) is 14.9 Å². The molecule has 0 aliphatic heterocycles. The maximum atomic E-state index is 12.6. The summed E-state index contributed by atoms with van der Waals surface area (Å²) >= 11 is 3.20. The van der Waals surface area contributed by atoms with Crippen LogP contribution in [0.2, 0.25) is 0 Å². The molecule has 0 aliphatic rings. The Morgan fingerprint density at radius 3 is 2.37 bits per heavy atom. The summed E-state index contributed by atoms with van der Waals surface area (Å²) in [5.74, 6) is -0.490. The van der Waals surface area contributed by atoms with Gasteiger partial charge in [0.25, 0.3) is 0 Å². The topological polar surface area (TPSA) is 103 Å². The highest BCUT2D eigenvalue weighted by Crippen LogP contribution is 2.38. The number of nitrogens with zero attached hydrogens (tertiary/aromatic N) is 1. The van der Waals surface area contributed by atoms with Crippen molar-refractivity contribution in [2.75, 3.05) is 13.2 Å². The highest BCUT2D eigenvalue weighted by molar-refractivity contribution is 9.10. The van der Waals surface area contributed by atoms with Gasteiger partial charge in [0, 0.05) is 6.07 Å². The van der Waals surface area contributed by atoms with Crippen LogP contribution >= 0.6 is 15.9 Å². The van der Waals surface area contributed by atoms with E-state index in [2.05, 4.69) is 15.9 Å². The van der Waals surface area contributed by atoms with Gasteiger partial charge >= 0.3 is 16.1 Å². The fourth-order valence-electron chi connectivity index (χ4n) is 2.11. The first-order valence-electron chi connectivity index (χ1n) is 7.90. The van der Waals surface area contributed by atoms with Crippen LogP contribution in [0.3, 0.4) is 0 Å². The molecule has 2 rings (SSSR count). The molecule has 0 saturated heterocycles. The zero-order chi connectivity index (χ0) is 20.0. The average molecular weight is 454 g/mol. The van der Waals surface area contributed by atoms with Gasteiger partial charge < -0.3 is 13.7 Å². The molecule has 0 radical (unpaired) electrons. The van der Waals surface area contributed by atoms with E-state index in [-0.39, 0.29) is 45.2 Å². The van der Waals surface area contributed by atoms with E-state index in [1.165, 1.54) is 36.4 Å². The number of carbonyl (C=O) groups is 1. The minimum Gasteiger partial charge on any atom is -0.490 e. The molecule has 9 heteroatoms. The largest absolute Gasteiger partial charge is 0.490 e. The fraction of sp³-hybridized carbons (Fsp3) is 0.222. The van der Waals surface area contributed by atoms with Crippen LogP contribution in [0.4, 0.5) is 0 Å². The molecule has 2 aromatic carbocycles. The highest BCUT2D eigenvalue weighted by atomic mass is 79.9. The zero-order valence-electron chi connectivity index (χ0n) is 14.6. The van der Waals surface area contributed by atoms with E-state index in [9.17, 15) is 13.2 Å². The molecule has 142 valence electrons. The number of benzene rings is 2. The molecule has 0 N–H and O–H groups in total. The Morgan fingerprint density at radius 2 is 1.81 bits per heavy atom. The summed E-state index contributed by atoms with van der Waals surface area (Å²) in [6.07, 6.45) is 0. The summed E-state index contributed by atoms with van der Waals surface area (Å²) in [6.45, 7) is 3.87. The smallest absolute Gasteiger partial charge is 0.339 e. The fourth-order valence-corrected chi connectivity index (χ4v) is 3.69. The van der Waals surface area contributed by atoms with Crippen LogP contribution in [0.15, 0.2) is 45.8 Å². The standard InChI is InChI=1S/C18H16BrNO6S/c1-3-24-16-10-12(11-20)9-15(19)17(16)26-27(22,23)14-7-5-13(6-8-14)18(21)25-4-2/h5-10H,3-4H2,1-2H3. The molecule has 2 aromatic rings. The van der Waals surface area contributed by atoms with E-state index in [0.717, 1.165) is 0 Å². The summed E-state index contributed by atoms with van der Waals surface area (Å²) < 4.78 is 40.9. The van der Waals surface area contributed by atoms with E-state index in [0.29, 0.717) is 0 Å². The third-order valence-electron chi connectivity index (χ3n) is 3.29. The number of nitriles is 1. The van der Waals surface area contributed by atoms with Crippen molar-refractivity contribution in [2.45, 2.75) is 18.7 Å². The van der Waals surface area contributed by atoms with Crippen LogP contribution in [0.1, 0.15) is 29.8 Å². The van der Waals surface area contributed by atoms with Crippen molar-refractivity contribution in [3.05, 3.63) is 52.0 Å². The second kappa shape index (κ2) is 8.88. The predicted octanol–water partition coefficient (Wildman–Crippen LogP) is 3.66. The molecule has 0 atom stereocenters. The number of esters is 1. The quantitative estimate of drug-likeness (QED) is 0.465. The summed E-state index contributed by atoms with van der Waals surface area (Å²) in [5.41, 5.74) is 0.513. The summed E-state index contributed by atoms with van der Waals surface area (Å²) in [7, 11) is -4.20. The molecular formula is C18H16BrNO6S. The molecule has 0 aliphatic carbocycles. The first-order chi connectivity index (χ1) is 12.8. The van der Waals surface area contributed by atoms with E-state index >= 15 is 0 Å². The molecule has 0 fully saturated rings. The first kappa shape index (κ1) is 20.7. The molecule has 0 bridgehead atoms. The lowest BCUT2D eigenvalue weighted by molar-refractivity contribution is 0.0526. The number of halogens is 1. The normalized spacial score (nSPS) is 10.7. The van der Waals surface area contributed by atoms with Gasteiger partial charge in [0.1, 0.15) is 4.90 Å². The SMILES string of the molecule is CCOC(=O)c1ccc(S(=O)(=O)Oc2c(Br)cc(C#N)cc2OCC)cc1. The van der Waals surface area contributed by atoms with Crippen molar-refractivity contribution < 1.29 is 26.9 Å². The van der Waals surface area contributed by atoms with Crippen molar-refractivity contribution in [3.63, 3.8) is 0 Å². The predicted molar refractivity (Wildman–Crippen MR) is 100 cm³/mol. The van der Waals surface area contributed by atoms with Gasteiger partial charge in [0.15, 0.2) is 11.5 Å². The first-order valence-corrected chi connectivity index (χ1v) is 10.1. The maximum Gasteiger partial charge on any atom is 0.339 e. The van der Waals surface area contributed by atoms with Gasteiger partial charge in [-0.2, -0.15) is 13.7 Å². The minimum absolute atomic E-state index is 0.0645. The van der Waals surface area contributed by atoms with Crippen LogP contribution < -0.4 is 8.92 Å². The van der Waals surface area contributed by atoms with Crippen molar-refractivity contribution in [3.8, 4) is 17.6 Å². The van der Waals surface area contributed by atoms with Gasteiger partial charge in [-0.3, -0.25) is 0 Å². The molecule has 0 aromatic heterocycles. The third kappa shape index (κ3) is 4.99. The molecule has 0 heterocycles. The average Bonchev–Trinajstić information content (AvgIpc) is 2.64. The second-order valence-corrected chi connectivity index (χ2v) is 7.51. The lowest BCUT2D eigenvalue weighted by Gasteiger charge is -2.14. The minimum atomic E-state index is -4.20. The highest BCUT2D eigenvalue weighted by Gasteiger charge is 2.23. The monoisotopic (exact) mass is 453 g/mol. The van der Waals surface area contributed by atoms with Crippen LogP contribution in [0.25, 0.3) is 0 Å². The van der Waals surface area contributed by atoms with Crippen LogP contribution in [-0.4, -0.2) is 27.6 Å². The number of hydrogen-bond acceptors (Lipinski definition) is 7. The number of rotatable bonds is 7. The molecule has 7 nitrogen and oxygen atoms in total. The maximum absolute atomic E-state index is 12.6. The summed E-state index contributed by atoms with van der Waals surface area (Å²) in [4.78, 5) is 11.5. The van der Waals surface area contributed by atoms with Crippen molar-refractivity contribution in [2.24, 2.45) is 0 Å². The van der Waals surface area contributed by atoms with Gasteiger partial charge in [0.2, 0.25) is 0 Å². The number of carbonyl (C=O) groups excluding carboxylic acids is 1. The molecule has 0 saturated carbocycles. The molecular weight excluding hydrogens is 438 g/mol. The zero-order valence-corrected chi connectivity index (χ0v) is 17.0. The van der Waals surface area contributed by atoms with Crippen LogP contribution in [0, 0.1) is 11.3 Å². The summed E-state index contributed by atoms with van der Waals surface area (Å²) in [5, 5.41) is 9.04. The lowest BCUT2D eigenvalue weighted by Crippen LogP contribution is -2.12.